The second-order valence-electron chi connectivity index (χ2n) is 8.89. The third-order valence-corrected chi connectivity index (χ3v) is 6.39. The Morgan fingerprint density at radius 2 is 1.76 bits per heavy atom. The van der Waals surface area contributed by atoms with Crippen molar-refractivity contribution in [3.63, 3.8) is 0 Å². The molecule has 0 amide bonds. The van der Waals surface area contributed by atoms with Crippen LogP contribution in [0.5, 0.6) is 17.2 Å². The fourth-order valence-corrected chi connectivity index (χ4v) is 4.67. The zero-order chi connectivity index (χ0) is 27.0. The summed E-state index contributed by atoms with van der Waals surface area (Å²) in [6, 6.07) is 18.8. The molecule has 4 aromatic rings. The number of aromatic nitrogens is 1. The molecule has 7 nitrogen and oxygen atoms in total. The summed E-state index contributed by atoms with van der Waals surface area (Å²) >= 11 is 0. The summed E-state index contributed by atoms with van der Waals surface area (Å²) in [7, 11) is 1.59. The number of carbonyl (C=O) groups is 1. The molecule has 0 bridgehead atoms. The van der Waals surface area contributed by atoms with Gasteiger partial charge in [-0.1, -0.05) is 24.3 Å². The molecule has 0 radical (unpaired) electrons. The van der Waals surface area contributed by atoms with Gasteiger partial charge in [-0.3, -0.25) is 0 Å². The highest BCUT2D eigenvalue weighted by Gasteiger charge is 2.43. The van der Waals surface area contributed by atoms with Gasteiger partial charge in [-0.05, 0) is 72.5 Å². The van der Waals surface area contributed by atoms with Gasteiger partial charge in [-0.25, -0.2) is 4.79 Å². The second kappa shape index (κ2) is 9.94. The number of nitrogens with zero attached hydrogens (tertiary/aromatic N) is 1. The van der Waals surface area contributed by atoms with Gasteiger partial charge in [0.05, 0.1) is 12.6 Å². The first kappa shape index (κ1) is 25.5. The molecular formula is C28H24F3NO6. The van der Waals surface area contributed by atoms with E-state index in [4.69, 9.17) is 19.3 Å². The van der Waals surface area contributed by atoms with Crippen LogP contribution in [0.3, 0.4) is 0 Å². The minimum atomic E-state index is -4.82. The molecule has 2 unspecified atom stereocenters. The minimum absolute atomic E-state index is 0.220. The highest BCUT2D eigenvalue weighted by Crippen LogP contribution is 2.51. The lowest BCUT2D eigenvalue weighted by molar-refractivity contribution is -0.274. The molecule has 0 aliphatic carbocycles. The summed E-state index contributed by atoms with van der Waals surface area (Å²) < 4.78 is 61.6. The number of halogens is 3. The lowest BCUT2D eigenvalue weighted by Gasteiger charge is -2.10. The number of carboxylic acid groups (broad SMARTS) is 1. The van der Waals surface area contributed by atoms with Crippen LogP contribution in [0.2, 0.25) is 0 Å². The Morgan fingerprint density at radius 3 is 2.45 bits per heavy atom. The Kier molecular flexibility index (Phi) is 6.66. The van der Waals surface area contributed by atoms with Gasteiger partial charge in [0.1, 0.15) is 23.4 Å². The highest BCUT2D eigenvalue weighted by molar-refractivity contribution is 5.87. The average molecular weight is 527 g/mol. The van der Waals surface area contributed by atoms with Crippen molar-refractivity contribution >= 4 is 16.9 Å². The van der Waals surface area contributed by atoms with Gasteiger partial charge < -0.3 is 28.6 Å². The number of alkyl halides is 3. The topological polar surface area (TPSA) is 82.5 Å². The Hall–Kier alpha value is -4.18. The lowest BCUT2D eigenvalue weighted by atomic mass is 10.0. The van der Waals surface area contributed by atoms with E-state index in [0.29, 0.717) is 23.1 Å². The number of carboxylic acids is 1. The van der Waals surface area contributed by atoms with Gasteiger partial charge in [0.25, 0.3) is 0 Å². The van der Waals surface area contributed by atoms with Crippen LogP contribution < -0.4 is 14.2 Å². The third kappa shape index (κ3) is 5.40. The monoisotopic (exact) mass is 527 g/mol. The van der Waals surface area contributed by atoms with E-state index in [1.165, 1.54) is 12.1 Å². The molecule has 38 heavy (non-hydrogen) atoms. The van der Waals surface area contributed by atoms with Crippen molar-refractivity contribution in [1.29, 1.82) is 0 Å². The molecule has 2 heterocycles. The molecule has 2 atom stereocenters. The van der Waals surface area contributed by atoms with Crippen LogP contribution in [-0.2, 0) is 16.0 Å². The first-order valence-electron chi connectivity index (χ1n) is 11.7. The van der Waals surface area contributed by atoms with Crippen LogP contribution in [0.15, 0.2) is 66.7 Å². The van der Waals surface area contributed by atoms with Crippen molar-refractivity contribution < 1.29 is 42.0 Å². The molecule has 0 spiro atoms. The Bertz CT molecular complexity index is 1480. The maximum absolute atomic E-state index is 13.0. The van der Waals surface area contributed by atoms with E-state index in [-0.39, 0.29) is 18.1 Å². The van der Waals surface area contributed by atoms with E-state index in [1.54, 1.807) is 31.4 Å². The van der Waals surface area contributed by atoms with Crippen molar-refractivity contribution in [3.8, 4) is 17.2 Å². The number of epoxide rings is 1. The predicted molar refractivity (Wildman–Crippen MR) is 132 cm³/mol. The molecule has 198 valence electrons. The summed E-state index contributed by atoms with van der Waals surface area (Å²) in [5.41, 5.74) is 4.11. The Balaban J connectivity index is 1.52. The van der Waals surface area contributed by atoms with E-state index >= 15 is 0 Å². The van der Waals surface area contributed by atoms with Crippen molar-refractivity contribution in [2.45, 2.75) is 32.0 Å². The van der Waals surface area contributed by atoms with Crippen LogP contribution in [0.25, 0.3) is 10.9 Å². The smallest absolute Gasteiger partial charge is 0.497 e. The van der Waals surface area contributed by atoms with E-state index in [1.807, 2.05) is 41.8 Å². The van der Waals surface area contributed by atoms with Crippen molar-refractivity contribution in [2.75, 3.05) is 13.7 Å². The summed E-state index contributed by atoms with van der Waals surface area (Å²) in [5, 5.41) is 9.50. The summed E-state index contributed by atoms with van der Waals surface area (Å²) in [4.78, 5) is 10.9. The molecule has 1 N–H and O–H groups in total. The van der Waals surface area contributed by atoms with Crippen molar-refractivity contribution in [3.05, 3.63) is 89.1 Å². The number of benzene rings is 3. The predicted octanol–water partition coefficient (Wildman–Crippen LogP) is 6.18. The number of aliphatic carboxylic acids is 1. The summed E-state index contributed by atoms with van der Waals surface area (Å²) in [6.07, 6.45) is -5.00. The number of fused-ring (bicyclic) bond motifs is 1. The van der Waals surface area contributed by atoms with Crippen molar-refractivity contribution in [2.24, 2.45) is 0 Å². The van der Waals surface area contributed by atoms with Crippen LogP contribution in [0, 0.1) is 6.92 Å². The van der Waals surface area contributed by atoms with Gasteiger partial charge in [0.15, 0.2) is 12.8 Å². The molecule has 0 saturated carbocycles. The Labute approximate surface area is 215 Å². The van der Waals surface area contributed by atoms with E-state index < -0.39 is 18.9 Å². The van der Waals surface area contributed by atoms with Crippen LogP contribution in [0.1, 0.15) is 34.7 Å². The number of ether oxygens (including phenoxy) is 4. The minimum Gasteiger partial charge on any atom is -0.497 e. The summed E-state index contributed by atoms with van der Waals surface area (Å²) in [5.74, 6) is -0.298. The normalized spacial score (nSPS) is 16.9. The van der Waals surface area contributed by atoms with Crippen LogP contribution >= 0.6 is 0 Å². The first-order chi connectivity index (χ1) is 18.1. The van der Waals surface area contributed by atoms with Crippen LogP contribution in [-0.4, -0.2) is 35.7 Å². The number of methoxy groups -OCH3 is 1. The number of hydrogen-bond acceptors (Lipinski definition) is 5. The van der Waals surface area contributed by atoms with Crippen molar-refractivity contribution in [1.82, 2.24) is 4.57 Å². The molecule has 3 aromatic carbocycles. The molecule has 1 aromatic heterocycles. The molecule has 1 aliphatic rings. The number of hydrogen-bond donors (Lipinski definition) is 1. The maximum Gasteiger partial charge on any atom is 0.573 e. The fraction of sp³-hybridized carbons (Fsp3) is 0.250. The first-order valence-corrected chi connectivity index (χ1v) is 11.7. The molecular weight excluding hydrogens is 503 g/mol. The zero-order valence-corrected chi connectivity index (χ0v) is 20.5. The molecule has 1 saturated heterocycles. The SMILES string of the molecule is COc1ccc(C2OC2n2c(C)c(Cc3cccc(OCC(=O)O)c3)c3cc(OC(F)(F)F)ccc32)cc1. The molecule has 1 fully saturated rings. The van der Waals surface area contributed by atoms with Gasteiger partial charge in [-0.15, -0.1) is 13.2 Å². The molecule has 1 aliphatic heterocycles. The third-order valence-electron chi connectivity index (χ3n) is 6.39. The standard InChI is InChI=1S/C28H24F3NO6/c1-16-22(13-17-4-3-5-20(12-17)36-15-25(33)34)23-14-21(38-28(29,30)31)10-11-24(23)32(16)27-26(37-27)18-6-8-19(35-2)9-7-18/h3-12,14,26-27H,13,15H2,1-2H3,(H,33,34). The van der Waals surface area contributed by atoms with Gasteiger partial charge in [-0.2, -0.15) is 0 Å². The maximum atomic E-state index is 13.0. The average Bonchev–Trinajstić information content (AvgIpc) is 3.61. The van der Waals surface area contributed by atoms with E-state index in [0.717, 1.165) is 28.1 Å². The number of rotatable bonds is 9. The summed E-state index contributed by atoms with van der Waals surface area (Å²) in [6.45, 7) is 1.42. The van der Waals surface area contributed by atoms with Crippen LogP contribution in [0.4, 0.5) is 13.2 Å². The molecule has 10 heteroatoms. The van der Waals surface area contributed by atoms with E-state index in [9.17, 15) is 18.0 Å². The quantitative estimate of drug-likeness (QED) is 0.262. The van der Waals surface area contributed by atoms with Gasteiger partial charge in [0.2, 0.25) is 0 Å². The second-order valence-corrected chi connectivity index (χ2v) is 8.89. The Morgan fingerprint density at radius 1 is 1.03 bits per heavy atom. The highest BCUT2D eigenvalue weighted by atomic mass is 19.4. The van der Waals surface area contributed by atoms with Gasteiger partial charge >= 0.3 is 12.3 Å². The fourth-order valence-electron chi connectivity index (χ4n) is 4.67. The molecule has 5 rings (SSSR count). The largest absolute Gasteiger partial charge is 0.573 e. The van der Waals surface area contributed by atoms with E-state index in [2.05, 4.69) is 4.74 Å². The zero-order valence-electron chi connectivity index (χ0n) is 20.5. The lowest BCUT2D eigenvalue weighted by Crippen LogP contribution is -2.17. The van der Waals surface area contributed by atoms with Gasteiger partial charge in [0, 0.05) is 11.1 Å².